The molecule has 4 rings (SSSR count). The van der Waals surface area contributed by atoms with Gasteiger partial charge in [0.15, 0.2) is 5.69 Å². The van der Waals surface area contributed by atoms with Crippen molar-refractivity contribution in [2.75, 3.05) is 0 Å². The molecule has 1 amide bonds. The van der Waals surface area contributed by atoms with E-state index in [1.807, 2.05) is 0 Å². The Morgan fingerprint density at radius 2 is 2.11 bits per heavy atom. The summed E-state index contributed by atoms with van der Waals surface area (Å²) in [4.78, 5) is 29.5. The van der Waals surface area contributed by atoms with Gasteiger partial charge >= 0.3 is 0 Å². The minimum Gasteiger partial charge on any atom is -0.501 e. The fourth-order valence-electron chi connectivity index (χ4n) is 4.10. The number of hydrogen-bond donors (Lipinski definition) is 3. The van der Waals surface area contributed by atoms with Crippen LogP contribution >= 0.6 is 0 Å². The summed E-state index contributed by atoms with van der Waals surface area (Å²) < 4.78 is 14.4. The number of halogens is 1. The van der Waals surface area contributed by atoms with Gasteiger partial charge in [-0.2, -0.15) is 0 Å². The quantitative estimate of drug-likeness (QED) is 0.754. The summed E-state index contributed by atoms with van der Waals surface area (Å²) >= 11 is 0. The highest BCUT2D eigenvalue weighted by atomic mass is 19.1. The van der Waals surface area contributed by atoms with Crippen LogP contribution in [0.15, 0.2) is 29.1 Å². The van der Waals surface area contributed by atoms with E-state index in [-0.39, 0.29) is 18.1 Å². The number of nitrogens with two attached hydrogens (primary N) is 1. The zero-order valence-electron chi connectivity index (χ0n) is 14.7. The van der Waals surface area contributed by atoms with Gasteiger partial charge in [0.25, 0.3) is 11.5 Å². The van der Waals surface area contributed by atoms with Crippen LogP contribution in [0.4, 0.5) is 4.39 Å². The van der Waals surface area contributed by atoms with Crippen molar-refractivity contribution in [1.82, 2.24) is 14.9 Å². The number of aromatic nitrogens is 2. The molecule has 0 spiro atoms. The third-order valence-corrected chi connectivity index (χ3v) is 5.58. The third kappa shape index (κ3) is 3.10. The molecule has 7 nitrogen and oxygen atoms in total. The number of rotatable bonds is 3. The number of nitrogens with one attached hydrogen (secondary N) is 1. The molecule has 2 heterocycles. The number of benzene rings is 1. The largest absolute Gasteiger partial charge is 0.501 e. The van der Waals surface area contributed by atoms with E-state index in [9.17, 15) is 19.1 Å². The first kappa shape index (κ1) is 17.7. The van der Waals surface area contributed by atoms with Crippen LogP contribution in [0.2, 0.25) is 0 Å². The molecular weight excluding hydrogens is 351 g/mol. The summed E-state index contributed by atoms with van der Waals surface area (Å²) in [6.07, 6.45) is 3.20. The van der Waals surface area contributed by atoms with E-state index in [1.54, 1.807) is 12.1 Å². The van der Waals surface area contributed by atoms with Gasteiger partial charge in [-0.05, 0) is 49.3 Å². The topological polar surface area (TPSA) is 110 Å². The molecule has 0 radical (unpaired) electrons. The number of nitrogens with zero attached hydrogens (tertiary/aromatic N) is 2. The van der Waals surface area contributed by atoms with Gasteiger partial charge in [-0.3, -0.25) is 14.2 Å². The molecule has 2 unspecified atom stereocenters. The molecular formula is C19H21FN4O3. The first-order valence-corrected chi connectivity index (χ1v) is 9.03. The van der Waals surface area contributed by atoms with E-state index in [4.69, 9.17) is 5.73 Å². The lowest BCUT2D eigenvalue weighted by molar-refractivity contribution is 0.0941. The van der Waals surface area contributed by atoms with Gasteiger partial charge in [0, 0.05) is 13.1 Å². The fraction of sp³-hybridized carbons (Fsp3) is 0.421. The summed E-state index contributed by atoms with van der Waals surface area (Å²) in [7, 11) is 0. The Kier molecular flexibility index (Phi) is 4.22. The average molecular weight is 372 g/mol. The minimum atomic E-state index is -0.750. The molecule has 0 saturated heterocycles. The molecule has 27 heavy (non-hydrogen) atoms. The molecule has 1 fully saturated rings. The molecule has 1 aromatic carbocycles. The van der Waals surface area contributed by atoms with Crippen molar-refractivity contribution >= 4 is 5.91 Å². The van der Waals surface area contributed by atoms with Gasteiger partial charge in [0.2, 0.25) is 5.75 Å². The minimum absolute atomic E-state index is 0.120. The van der Waals surface area contributed by atoms with Crippen LogP contribution in [-0.2, 0) is 18.6 Å². The molecule has 4 N–H and O–H groups in total. The molecule has 8 heteroatoms. The first-order chi connectivity index (χ1) is 12.9. The number of aromatic hydroxyl groups is 1. The van der Waals surface area contributed by atoms with Crippen molar-refractivity contribution < 1.29 is 14.3 Å². The maximum absolute atomic E-state index is 13.0. The molecule has 1 aliphatic heterocycles. The van der Waals surface area contributed by atoms with Crippen molar-refractivity contribution in [3.05, 3.63) is 57.5 Å². The molecule has 2 bridgehead atoms. The standard InChI is InChI=1S/C19H21FN4O3/c20-13-3-1-12(2-4-13)10-22-16(26)14-15(25)17(27)24-8-6-11-5-7-19(21,9-11)18(24)23-14/h1-4,11,25H,5-10,21H2,(H,22,26). The molecule has 142 valence electrons. The smallest absolute Gasteiger partial charge is 0.296 e. The van der Waals surface area contributed by atoms with Gasteiger partial charge in [-0.15, -0.1) is 0 Å². The Morgan fingerprint density at radius 3 is 2.85 bits per heavy atom. The van der Waals surface area contributed by atoms with Crippen molar-refractivity contribution in [3.63, 3.8) is 0 Å². The maximum Gasteiger partial charge on any atom is 0.296 e. The lowest BCUT2D eigenvalue weighted by Crippen LogP contribution is -2.42. The summed E-state index contributed by atoms with van der Waals surface area (Å²) in [5.74, 6) is -0.908. The zero-order chi connectivity index (χ0) is 19.2. The normalized spacial score (nSPS) is 23.6. The summed E-state index contributed by atoms with van der Waals surface area (Å²) in [5, 5.41) is 12.9. The van der Waals surface area contributed by atoms with E-state index in [1.165, 1.54) is 16.7 Å². The van der Waals surface area contributed by atoms with Crippen molar-refractivity contribution in [3.8, 4) is 5.75 Å². The van der Waals surface area contributed by atoms with Crippen molar-refractivity contribution in [2.45, 2.75) is 44.3 Å². The monoisotopic (exact) mass is 372 g/mol. The molecule has 1 saturated carbocycles. The van der Waals surface area contributed by atoms with Gasteiger partial charge in [0.05, 0.1) is 5.54 Å². The Balaban J connectivity index is 1.65. The van der Waals surface area contributed by atoms with Crippen LogP contribution in [0.3, 0.4) is 0 Å². The number of carbonyl (C=O) groups excluding carboxylic acids is 1. The number of hydrogen-bond acceptors (Lipinski definition) is 5. The van der Waals surface area contributed by atoms with Crippen molar-refractivity contribution in [1.29, 1.82) is 0 Å². The van der Waals surface area contributed by atoms with E-state index in [0.717, 1.165) is 19.3 Å². The second-order valence-electron chi connectivity index (χ2n) is 7.45. The lowest BCUT2D eigenvalue weighted by Gasteiger charge is -2.25. The Morgan fingerprint density at radius 1 is 1.37 bits per heavy atom. The van der Waals surface area contributed by atoms with Crippen molar-refractivity contribution in [2.24, 2.45) is 11.7 Å². The maximum atomic E-state index is 13.0. The molecule has 2 atom stereocenters. The second-order valence-corrected chi connectivity index (χ2v) is 7.45. The van der Waals surface area contributed by atoms with E-state index in [0.29, 0.717) is 30.3 Å². The summed E-state index contributed by atoms with van der Waals surface area (Å²) in [6.45, 7) is 0.560. The van der Waals surface area contributed by atoms with Crippen LogP contribution in [0.25, 0.3) is 0 Å². The van der Waals surface area contributed by atoms with Crippen LogP contribution < -0.4 is 16.6 Å². The summed E-state index contributed by atoms with van der Waals surface area (Å²) in [6, 6.07) is 5.67. The van der Waals surface area contributed by atoms with E-state index in [2.05, 4.69) is 10.3 Å². The van der Waals surface area contributed by atoms with Crippen LogP contribution in [0.1, 0.15) is 47.6 Å². The highest BCUT2D eigenvalue weighted by Gasteiger charge is 2.43. The molecule has 2 aliphatic rings. The van der Waals surface area contributed by atoms with E-state index < -0.39 is 22.8 Å². The molecule has 1 aliphatic carbocycles. The van der Waals surface area contributed by atoms with Crippen LogP contribution in [0, 0.1) is 11.7 Å². The first-order valence-electron chi connectivity index (χ1n) is 9.03. The molecule has 2 aromatic rings. The highest BCUT2D eigenvalue weighted by Crippen LogP contribution is 2.43. The summed E-state index contributed by atoms with van der Waals surface area (Å²) in [5.41, 5.74) is 5.49. The predicted octanol–water partition coefficient (Wildman–Crippen LogP) is 1.38. The van der Waals surface area contributed by atoms with Gasteiger partial charge in [-0.25, -0.2) is 9.37 Å². The van der Waals surface area contributed by atoms with E-state index >= 15 is 0 Å². The Bertz CT molecular complexity index is 957. The number of carbonyl (C=O) groups is 1. The number of amides is 1. The SMILES string of the molecule is NC12CCC(CCn3c1nc(C(=O)NCc1ccc(F)cc1)c(O)c3=O)C2. The molecule has 1 aromatic heterocycles. The fourth-order valence-corrected chi connectivity index (χ4v) is 4.10. The lowest BCUT2D eigenvalue weighted by atomic mass is 9.96. The van der Waals surface area contributed by atoms with Gasteiger partial charge in [0.1, 0.15) is 11.6 Å². The Hall–Kier alpha value is -2.74. The van der Waals surface area contributed by atoms with Crippen LogP contribution in [-0.4, -0.2) is 20.6 Å². The third-order valence-electron chi connectivity index (χ3n) is 5.58. The average Bonchev–Trinajstić information content (AvgIpc) is 2.97. The number of fused-ring (bicyclic) bond motifs is 4. The predicted molar refractivity (Wildman–Crippen MR) is 95.6 cm³/mol. The Labute approximate surface area is 155 Å². The zero-order valence-corrected chi connectivity index (χ0v) is 14.7. The van der Waals surface area contributed by atoms with Crippen LogP contribution in [0.5, 0.6) is 5.75 Å². The highest BCUT2D eigenvalue weighted by molar-refractivity contribution is 5.94. The van der Waals surface area contributed by atoms with Gasteiger partial charge in [-0.1, -0.05) is 12.1 Å². The second kappa shape index (κ2) is 6.45. The van der Waals surface area contributed by atoms with Gasteiger partial charge < -0.3 is 16.2 Å².